The van der Waals surface area contributed by atoms with Gasteiger partial charge < -0.3 is 5.32 Å². The van der Waals surface area contributed by atoms with Gasteiger partial charge in [0.2, 0.25) is 0 Å². The summed E-state index contributed by atoms with van der Waals surface area (Å²) in [7, 11) is 0. The molecule has 3 rings (SSSR count). The summed E-state index contributed by atoms with van der Waals surface area (Å²) in [5, 5.41) is 3.29. The Bertz CT molecular complexity index is 818. The first-order valence-electron chi connectivity index (χ1n) is 7.53. The summed E-state index contributed by atoms with van der Waals surface area (Å²) in [4.78, 5) is 0. The molecule has 122 valence electrons. The Morgan fingerprint density at radius 1 is 0.792 bits per heavy atom. The number of hydrogen-bond donors (Lipinski definition) is 2. The number of nitrogens with one attached hydrogen (secondary N) is 1. The quantitative estimate of drug-likeness (QED) is 0.643. The highest BCUT2D eigenvalue weighted by Gasteiger charge is 2.14. The van der Waals surface area contributed by atoms with Gasteiger partial charge in [0, 0.05) is 11.4 Å². The maximum atomic E-state index is 11.8. The Labute approximate surface area is 144 Å². The van der Waals surface area contributed by atoms with Crippen molar-refractivity contribution in [2.75, 3.05) is 9.62 Å². The van der Waals surface area contributed by atoms with E-state index in [1.54, 1.807) is 0 Å². The Balaban J connectivity index is 1.84. The maximum Gasteiger partial charge on any atom is 0.266 e. The van der Waals surface area contributed by atoms with Crippen molar-refractivity contribution in [1.29, 1.82) is 0 Å². The van der Waals surface area contributed by atoms with Crippen molar-refractivity contribution >= 4 is 34.0 Å². The van der Waals surface area contributed by atoms with Crippen molar-refractivity contribution in [2.24, 2.45) is 0 Å². The maximum absolute atomic E-state index is 11.8. The highest BCUT2D eigenvalue weighted by molar-refractivity contribution is 7.81. The molecule has 1 unspecified atom stereocenters. The zero-order valence-corrected chi connectivity index (χ0v) is 14.0. The van der Waals surface area contributed by atoms with Gasteiger partial charge in [-0.05, 0) is 55.5 Å². The average molecular weight is 338 g/mol. The number of rotatable bonds is 5. The summed E-state index contributed by atoms with van der Waals surface area (Å²) in [6.07, 6.45) is 0. The van der Waals surface area contributed by atoms with Crippen LogP contribution in [0.5, 0.6) is 0 Å². The molecule has 0 amide bonds. The van der Waals surface area contributed by atoms with E-state index in [2.05, 4.69) is 5.32 Å². The molecule has 24 heavy (non-hydrogen) atoms. The summed E-state index contributed by atoms with van der Waals surface area (Å²) in [6.45, 7) is 1.98. The van der Waals surface area contributed by atoms with Crippen LogP contribution in [0.1, 0.15) is 5.56 Å². The third-order valence-corrected chi connectivity index (χ3v) is 4.32. The summed E-state index contributed by atoms with van der Waals surface area (Å²) >= 11 is -2.14. The molecule has 0 spiro atoms. The number of hydrogen-bond acceptors (Lipinski definition) is 2. The van der Waals surface area contributed by atoms with E-state index < -0.39 is 11.3 Å². The Hall–Kier alpha value is -2.63. The van der Waals surface area contributed by atoms with Gasteiger partial charge in [-0.1, -0.05) is 35.9 Å². The van der Waals surface area contributed by atoms with Crippen LogP contribution < -0.4 is 9.62 Å². The van der Waals surface area contributed by atoms with Gasteiger partial charge in [-0.15, -0.1) is 0 Å². The summed E-state index contributed by atoms with van der Waals surface area (Å²) in [6, 6.07) is 24.8. The third kappa shape index (κ3) is 3.82. The minimum Gasteiger partial charge on any atom is -0.356 e. The number of benzene rings is 3. The topological polar surface area (TPSA) is 52.6 Å². The minimum atomic E-state index is -2.14. The Morgan fingerprint density at radius 2 is 1.29 bits per heavy atom. The molecule has 2 N–H and O–H groups in total. The summed E-state index contributed by atoms with van der Waals surface area (Å²) in [5.74, 6) is 0. The van der Waals surface area contributed by atoms with Crippen molar-refractivity contribution in [3.8, 4) is 0 Å². The Kier molecular flexibility index (Phi) is 4.93. The van der Waals surface area contributed by atoms with Crippen LogP contribution >= 0.6 is 0 Å². The Morgan fingerprint density at radius 3 is 1.83 bits per heavy atom. The van der Waals surface area contributed by atoms with Gasteiger partial charge in [0.15, 0.2) is 0 Å². The van der Waals surface area contributed by atoms with E-state index in [0.717, 1.165) is 16.9 Å². The first-order valence-corrected chi connectivity index (χ1v) is 8.60. The van der Waals surface area contributed by atoms with Crippen LogP contribution in [0, 0.1) is 6.92 Å². The van der Waals surface area contributed by atoms with Gasteiger partial charge in [0.05, 0.1) is 11.4 Å². The molecule has 0 saturated carbocycles. The molecule has 0 radical (unpaired) electrons. The van der Waals surface area contributed by atoms with Crippen LogP contribution in [0.25, 0.3) is 0 Å². The zero-order valence-electron chi connectivity index (χ0n) is 13.2. The van der Waals surface area contributed by atoms with Crippen molar-refractivity contribution in [3.05, 3.63) is 84.4 Å². The lowest BCUT2D eigenvalue weighted by Crippen LogP contribution is -2.19. The second-order valence-corrected chi connectivity index (χ2v) is 6.23. The van der Waals surface area contributed by atoms with Crippen molar-refractivity contribution < 1.29 is 8.76 Å². The molecule has 3 aromatic carbocycles. The average Bonchev–Trinajstić information content (AvgIpc) is 2.59. The van der Waals surface area contributed by atoms with Gasteiger partial charge in [0.1, 0.15) is 0 Å². The van der Waals surface area contributed by atoms with Crippen LogP contribution in [-0.2, 0) is 11.3 Å². The van der Waals surface area contributed by atoms with Crippen LogP contribution in [0.4, 0.5) is 22.7 Å². The van der Waals surface area contributed by atoms with Crippen molar-refractivity contribution in [3.63, 3.8) is 0 Å². The summed E-state index contributed by atoms with van der Waals surface area (Å²) < 4.78 is 22.8. The number of nitrogens with zero attached hydrogens (tertiary/aromatic N) is 1. The van der Waals surface area contributed by atoms with Crippen LogP contribution in [-0.4, -0.2) is 8.76 Å². The molecule has 0 fully saturated rings. The molecule has 0 saturated heterocycles. The predicted octanol–water partition coefficient (Wildman–Crippen LogP) is 5.01. The van der Waals surface area contributed by atoms with Crippen LogP contribution in [0.2, 0.25) is 0 Å². The van der Waals surface area contributed by atoms with Crippen LogP contribution in [0.3, 0.4) is 0 Å². The van der Waals surface area contributed by atoms with Gasteiger partial charge in [-0.25, -0.2) is 8.51 Å². The lowest BCUT2D eigenvalue weighted by Gasteiger charge is -2.20. The highest BCUT2D eigenvalue weighted by Crippen LogP contribution is 2.28. The number of para-hydroxylation sites is 1. The molecule has 0 aliphatic heterocycles. The van der Waals surface area contributed by atoms with Crippen molar-refractivity contribution in [1.82, 2.24) is 0 Å². The molecule has 4 nitrogen and oxygen atoms in total. The first-order chi connectivity index (χ1) is 11.6. The lowest BCUT2D eigenvalue weighted by atomic mass is 10.2. The first kappa shape index (κ1) is 16.2. The fourth-order valence-corrected chi connectivity index (χ4v) is 2.98. The van der Waals surface area contributed by atoms with E-state index in [4.69, 9.17) is 0 Å². The third-order valence-electron chi connectivity index (χ3n) is 3.59. The minimum absolute atomic E-state index is 0.651. The predicted molar refractivity (Wildman–Crippen MR) is 100 cm³/mol. The van der Waals surface area contributed by atoms with Crippen LogP contribution in [0.15, 0.2) is 78.9 Å². The number of anilines is 4. The normalized spacial score (nSPS) is 11.8. The second-order valence-electron chi connectivity index (χ2n) is 5.40. The fraction of sp³-hybridized carbons (Fsp3) is 0.0526. The molecule has 0 aliphatic rings. The van der Waals surface area contributed by atoms with Gasteiger partial charge in [-0.2, -0.15) is 0 Å². The molecular weight excluding hydrogens is 320 g/mol. The monoisotopic (exact) mass is 338 g/mol. The standard InChI is InChI=1S/C19H18N2O2S/c1-15-7-11-18(12-8-15)21(24(22)23)19-13-9-17(10-14-19)20-16-5-3-2-4-6-16/h2-14,20H,1H3,(H,22,23). The van der Waals surface area contributed by atoms with Gasteiger partial charge in [0.25, 0.3) is 11.3 Å². The van der Waals surface area contributed by atoms with E-state index in [-0.39, 0.29) is 0 Å². The number of aryl methyl sites for hydroxylation is 1. The molecule has 0 bridgehead atoms. The highest BCUT2D eigenvalue weighted by atomic mass is 32.2. The summed E-state index contributed by atoms with van der Waals surface area (Å²) in [5.41, 5.74) is 4.33. The smallest absolute Gasteiger partial charge is 0.266 e. The van der Waals surface area contributed by atoms with Gasteiger partial charge in [-0.3, -0.25) is 4.55 Å². The SMILES string of the molecule is Cc1ccc(N(c2ccc(Nc3ccccc3)cc2)S(=O)O)cc1. The van der Waals surface area contributed by atoms with E-state index in [0.29, 0.717) is 11.4 Å². The molecule has 0 heterocycles. The molecule has 0 aromatic heterocycles. The molecular formula is C19H18N2O2S. The van der Waals surface area contributed by atoms with E-state index in [9.17, 15) is 8.76 Å². The molecule has 0 aliphatic carbocycles. The largest absolute Gasteiger partial charge is 0.356 e. The fourth-order valence-electron chi connectivity index (χ4n) is 2.38. The van der Waals surface area contributed by atoms with E-state index >= 15 is 0 Å². The molecule has 3 aromatic rings. The lowest BCUT2D eigenvalue weighted by molar-refractivity contribution is 0.564. The van der Waals surface area contributed by atoms with Gasteiger partial charge >= 0.3 is 0 Å². The second kappa shape index (κ2) is 7.29. The zero-order chi connectivity index (χ0) is 16.9. The van der Waals surface area contributed by atoms with E-state index in [1.165, 1.54) is 4.31 Å². The molecule has 1 atom stereocenters. The molecule has 5 heteroatoms. The van der Waals surface area contributed by atoms with Crippen molar-refractivity contribution in [2.45, 2.75) is 6.92 Å². The van der Waals surface area contributed by atoms with E-state index in [1.807, 2.05) is 85.8 Å².